The lowest BCUT2D eigenvalue weighted by Crippen LogP contribution is -2.06. The number of nitrogens with zero attached hydrogens (tertiary/aromatic N) is 2. The molecule has 19 heavy (non-hydrogen) atoms. The molecule has 0 aliphatic heterocycles. The predicted octanol–water partition coefficient (Wildman–Crippen LogP) is 2.46. The summed E-state index contributed by atoms with van der Waals surface area (Å²) < 4.78 is 5.38. The van der Waals surface area contributed by atoms with Crippen molar-refractivity contribution < 1.29 is 9.84 Å². The largest absolute Gasteiger partial charge is 0.478 e. The average Bonchev–Trinajstić information content (AvgIpc) is 2.39. The van der Waals surface area contributed by atoms with Gasteiger partial charge in [0.25, 0.3) is 0 Å². The van der Waals surface area contributed by atoms with Crippen molar-refractivity contribution in [3.05, 3.63) is 53.5 Å². The first-order valence-corrected chi connectivity index (χ1v) is 6.39. The van der Waals surface area contributed by atoms with E-state index in [1.165, 1.54) is 0 Å². The lowest BCUT2D eigenvalue weighted by atomic mass is 10.1. The van der Waals surface area contributed by atoms with Gasteiger partial charge >= 0.3 is 0 Å². The highest BCUT2D eigenvalue weighted by atomic mass is 16.5. The molecule has 4 heteroatoms. The molecule has 2 aromatic rings. The number of hydrogen-bond acceptors (Lipinski definition) is 4. The van der Waals surface area contributed by atoms with E-state index in [4.69, 9.17) is 4.74 Å². The summed E-state index contributed by atoms with van der Waals surface area (Å²) in [5.74, 6) is 1.21. The maximum atomic E-state index is 10.2. The monoisotopic (exact) mass is 258 g/mol. The second-order valence-electron chi connectivity index (χ2n) is 4.31. The van der Waals surface area contributed by atoms with Gasteiger partial charge in [0.05, 0.1) is 18.4 Å². The van der Waals surface area contributed by atoms with Crippen LogP contribution < -0.4 is 4.74 Å². The summed E-state index contributed by atoms with van der Waals surface area (Å²) in [5, 5.41) is 10.2. The molecular weight excluding hydrogens is 240 g/mol. The molecule has 0 radical (unpaired) electrons. The molecule has 0 amide bonds. The zero-order valence-corrected chi connectivity index (χ0v) is 11.2. The number of aromatic nitrogens is 2. The van der Waals surface area contributed by atoms with Gasteiger partial charge in [-0.2, -0.15) is 4.98 Å². The van der Waals surface area contributed by atoms with E-state index in [2.05, 4.69) is 9.97 Å². The number of aliphatic hydroxyl groups is 1. The van der Waals surface area contributed by atoms with Gasteiger partial charge in [0.1, 0.15) is 5.82 Å². The summed E-state index contributed by atoms with van der Waals surface area (Å²) in [4.78, 5) is 8.52. The highest BCUT2D eigenvalue weighted by Gasteiger charge is 2.11. The Balaban J connectivity index is 2.14. The maximum Gasteiger partial charge on any atom is 0.216 e. The zero-order valence-electron chi connectivity index (χ0n) is 11.2. The first-order valence-electron chi connectivity index (χ1n) is 6.39. The third kappa shape index (κ3) is 3.76. The van der Waals surface area contributed by atoms with Gasteiger partial charge in [0, 0.05) is 12.5 Å². The Bertz CT molecular complexity index is 529. The van der Waals surface area contributed by atoms with E-state index in [1.54, 1.807) is 6.07 Å². The summed E-state index contributed by atoms with van der Waals surface area (Å²) in [7, 11) is 0. The molecule has 1 atom stereocenters. The number of aryl methyl sites for hydroxylation is 1. The lowest BCUT2D eigenvalue weighted by molar-refractivity contribution is 0.177. The SMILES string of the molecule is CCOc1cc(CC(O)c2ccccc2)nc(C)n1. The molecule has 1 N–H and O–H groups in total. The highest BCUT2D eigenvalue weighted by Crippen LogP contribution is 2.19. The van der Waals surface area contributed by atoms with E-state index in [-0.39, 0.29) is 0 Å². The van der Waals surface area contributed by atoms with Crippen LogP contribution in [0.3, 0.4) is 0 Å². The minimum Gasteiger partial charge on any atom is -0.478 e. The van der Waals surface area contributed by atoms with Crippen molar-refractivity contribution >= 4 is 0 Å². The van der Waals surface area contributed by atoms with Gasteiger partial charge in [-0.3, -0.25) is 0 Å². The molecule has 0 fully saturated rings. The quantitative estimate of drug-likeness (QED) is 0.895. The van der Waals surface area contributed by atoms with Crippen molar-refractivity contribution in [2.24, 2.45) is 0 Å². The Hall–Kier alpha value is -1.94. The van der Waals surface area contributed by atoms with Crippen molar-refractivity contribution in [1.29, 1.82) is 0 Å². The maximum absolute atomic E-state index is 10.2. The van der Waals surface area contributed by atoms with Crippen LogP contribution in [-0.2, 0) is 6.42 Å². The van der Waals surface area contributed by atoms with Crippen LogP contribution in [0, 0.1) is 6.92 Å². The lowest BCUT2D eigenvalue weighted by Gasteiger charge is -2.11. The Morgan fingerprint density at radius 2 is 1.95 bits per heavy atom. The standard InChI is InChI=1S/C15H18N2O2/c1-3-19-15-10-13(16-11(2)17-15)9-14(18)12-7-5-4-6-8-12/h4-8,10,14,18H,3,9H2,1-2H3. The fraction of sp³-hybridized carbons (Fsp3) is 0.333. The summed E-state index contributed by atoms with van der Waals surface area (Å²) >= 11 is 0. The van der Waals surface area contributed by atoms with Crippen molar-refractivity contribution in [2.45, 2.75) is 26.4 Å². The molecule has 1 aromatic carbocycles. The third-order valence-corrected chi connectivity index (χ3v) is 2.75. The Labute approximate surface area is 113 Å². The average molecular weight is 258 g/mol. The van der Waals surface area contributed by atoms with E-state index < -0.39 is 6.10 Å². The normalized spacial score (nSPS) is 12.2. The van der Waals surface area contributed by atoms with Crippen LogP contribution in [0.5, 0.6) is 5.88 Å². The minimum absolute atomic E-state index is 0.452. The van der Waals surface area contributed by atoms with Crippen LogP contribution in [0.25, 0.3) is 0 Å². The molecule has 0 aliphatic rings. The summed E-state index contributed by atoms with van der Waals surface area (Å²) in [6, 6.07) is 11.3. The van der Waals surface area contributed by atoms with Crippen LogP contribution in [-0.4, -0.2) is 21.7 Å². The summed E-state index contributed by atoms with van der Waals surface area (Å²) in [5.41, 5.74) is 1.67. The topological polar surface area (TPSA) is 55.2 Å². The van der Waals surface area contributed by atoms with Crippen molar-refractivity contribution in [3.63, 3.8) is 0 Å². The van der Waals surface area contributed by atoms with E-state index in [0.717, 1.165) is 11.3 Å². The van der Waals surface area contributed by atoms with Crippen molar-refractivity contribution in [2.75, 3.05) is 6.61 Å². The second-order valence-corrected chi connectivity index (χ2v) is 4.31. The van der Waals surface area contributed by atoms with E-state index in [9.17, 15) is 5.11 Å². The van der Waals surface area contributed by atoms with Gasteiger partial charge in [0.2, 0.25) is 5.88 Å². The number of benzene rings is 1. The van der Waals surface area contributed by atoms with E-state index in [0.29, 0.717) is 24.7 Å². The molecule has 1 heterocycles. The first-order chi connectivity index (χ1) is 9.19. The summed E-state index contributed by atoms with van der Waals surface area (Å²) in [6.07, 6.45) is -0.113. The first kappa shape index (κ1) is 13.5. The fourth-order valence-corrected chi connectivity index (χ4v) is 1.92. The molecular formula is C15H18N2O2. The Kier molecular flexibility index (Phi) is 4.47. The van der Waals surface area contributed by atoms with Crippen LogP contribution >= 0.6 is 0 Å². The van der Waals surface area contributed by atoms with Gasteiger partial charge in [-0.25, -0.2) is 4.98 Å². The number of ether oxygens (including phenoxy) is 1. The van der Waals surface area contributed by atoms with Crippen LogP contribution in [0.4, 0.5) is 0 Å². The van der Waals surface area contributed by atoms with Gasteiger partial charge in [-0.1, -0.05) is 30.3 Å². The molecule has 0 aliphatic carbocycles. The molecule has 0 spiro atoms. The smallest absolute Gasteiger partial charge is 0.216 e. The van der Waals surface area contributed by atoms with Gasteiger partial charge in [-0.05, 0) is 19.4 Å². The fourth-order valence-electron chi connectivity index (χ4n) is 1.92. The molecule has 4 nitrogen and oxygen atoms in total. The van der Waals surface area contributed by atoms with Crippen LogP contribution in [0.2, 0.25) is 0 Å². The minimum atomic E-state index is -0.565. The van der Waals surface area contributed by atoms with E-state index in [1.807, 2.05) is 44.2 Å². The zero-order chi connectivity index (χ0) is 13.7. The third-order valence-electron chi connectivity index (χ3n) is 2.75. The molecule has 2 rings (SSSR count). The number of hydrogen-bond donors (Lipinski definition) is 1. The number of rotatable bonds is 5. The molecule has 0 saturated heterocycles. The molecule has 100 valence electrons. The number of aliphatic hydroxyl groups excluding tert-OH is 1. The summed E-state index contributed by atoms with van der Waals surface area (Å²) in [6.45, 7) is 4.30. The van der Waals surface area contributed by atoms with Crippen molar-refractivity contribution in [1.82, 2.24) is 9.97 Å². The molecule has 0 bridgehead atoms. The highest BCUT2D eigenvalue weighted by molar-refractivity contribution is 5.22. The second kappa shape index (κ2) is 6.29. The Morgan fingerprint density at radius 1 is 1.21 bits per heavy atom. The molecule has 1 unspecified atom stereocenters. The van der Waals surface area contributed by atoms with Gasteiger partial charge < -0.3 is 9.84 Å². The Morgan fingerprint density at radius 3 is 2.63 bits per heavy atom. The molecule has 0 saturated carbocycles. The van der Waals surface area contributed by atoms with Gasteiger partial charge in [-0.15, -0.1) is 0 Å². The van der Waals surface area contributed by atoms with Gasteiger partial charge in [0.15, 0.2) is 0 Å². The predicted molar refractivity (Wildman–Crippen MR) is 73.0 cm³/mol. The van der Waals surface area contributed by atoms with E-state index >= 15 is 0 Å². The van der Waals surface area contributed by atoms with Crippen LogP contribution in [0.1, 0.15) is 30.1 Å². The molecule has 1 aromatic heterocycles. The van der Waals surface area contributed by atoms with Crippen LogP contribution in [0.15, 0.2) is 36.4 Å². The van der Waals surface area contributed by atoms with Crippen molar-refractivity contribution in [3.8, 4) is 5.88 Å².